The largest absolute Gasteiger partial charge is 0.504 e. The van der Waals surface area contributed by atoms with Gasteiger partial charge in [0.15, 0.2) is 11.5 Å². The highest BCUT2D eigenvalue weighted by Gasteiger charge is 2.19. The van der Waals surface area contributed by atoms with Crippen LogP contribution < -0.4 is 10.1 Å². The second-order valence-electron chi connectivity index (χ2n) is 5.73. The van der Waals surface area contributed by atoms with Crippen LogP contribution in [0.5, 0.6) is 11.5 Å². The van der Waals surface area contributed by atoms with E-state index in [0.717, 1.165) is 17.0 Å². The van der Waals surface area contributed by atoms with Crippen LogP contribution in [0.3, 0.4) is 0 Å². The first-order chi connectivity index (χ1) is 12.1. The Hall–Kier alpha value is -2.50. The van der Waals surface area contributed by atoms with E-state index in [1.165, 1.54) is 0 Å². The number of aryl methyl sites for hydroxylation is 1. The molecule has 2 aromatic carbocycles. The quantitative estimate of drug-likeness (QED) is 0.706. The highest BCUT2D eigenvalue weighted by atomic mass is 35.5. The summed E-state index contributed by atoms with van der Waals surface area (Å²) in [5.74, 6) is 1.49. The molecular formula is C19H20ClN3O2. The molecule has 0 aliphatic heterocycles. The molecule has 1 atom stereocenters. The lowest BCUT2D eigenvalue weighted by atomic mass is 10.1. The van der Waals surface area contributed by atoms with Gasteiger partial charge in [-0.05, 0) is 23.8 Å². The molecule has 1 aromatic heterocycles. The normalized spacial score (nSPS) is 12.1. The second kappa shape index (κ2) is 7.59. The number of phenols is 1. The van der Waals surface area contributed by atoms with Gasteiger partial charge in [0.05, 0.1) is 13.2 Å². The van der Waals surface area contributed by atoms with Crippen molar-refractivity contribution >= 4 is 11.6 Å². The predicted molar refractivity (Wildman–Crippen MR) is 98.0 cm³/mol. The summed E-state index contributed by atoms with van der Waals surface area (Å²) in [5, 5.41) is 14.1. The Bertz CT molecular complexity index is 846. The maximum atomic E-state index is 9.95. The number of rotatable bonds is 6. The van der Waals surface area contributed by atoms with Crippen LogP contribution in [0, 0.1) is 0 Å². The third-order valence-electron chi connectivity index (χ3n) is 4.10. The molecule has 6 heteroatoms. The molecule has 0 aliphatic rings. The zero-order valence-electron chi connectivity index (χ0n) is 14.1. The van der Waals surface area contributed by atoms with Crippen molar-refractivity contribution in [3.8, 4) is 11.5 Å². The number of hydrogen-bond donors (Lipinski definition) is 2. The van der Waals surface area contributed by atoms with Crippen molar-refractivity contribution in [2.75, 3.05) is 7.11 Å². The van der Waals surface area contributed by atoms with Crippen LogP contribution in [0.2, 0.25) is 5.02 Å². The Balaban J connectivity index is 1.90. The van der Waals surface area contributed by atoms with E-state index >= 15 is 0 Å². The Kier molecular flexibility index (Phi) is 5.26. The van der Waals surface area contributed by atoms with E-state index < -0.39 is 0 Å². The van der Waals surface area contributed by atoms with Gasteiger partial charge in [-0.15, -0.1) is 0 Å². The fourth-order valence-electron chi connectivity index (χ4n) is 2.83. The van der Waals surface area contributed by atoms with Gasteiger partial charge in [-0.2, -0.15) is 0 Å². The summed E-state index contributed by atoms with van der Waals surface area (Å²) in [4.78, 5) is 4.47. The summed E-state index contributed by atoms with van der Waals surface area (Å²) in [5.41, 5.74) is 1.92. The van der Waals surface area contributed by atoms with Crippen molar-refractivity contribution in [2.45, 2.75) is 12.6 Å². The molecule has 1 unspecified atom stereocenters. The molecule has 3 aromatic rings. The third kappa shape index (κ3) is 3.78. The molecular weight excluding hydrogens is 338 g/mol. The van der Waals surface area contributed by atoms with Gasteiger partial charge < -0.3 is 14.4 Å². The molecule has 0 fully saturated rings. The second-order valence-corrected chi connectivity index (χ2v) is 6.17. The smallest absolute Gasteiger partial charge is 0.164 e. The van der Waals surface area contributed by atoms with Gasteiger partial charge in [-0.1, -0.05) is 35.9 Å². The van der Waals surface area contributed by atoms with Gasteiger partial charge in [0, 0.05) is 36.6 Å². The molecule has 130 valence electrons. The van der Waals surface area contributed by atoms with E-state index in [2.05, 4.69) is 10.3 Å². The minimum atomic E-state index is -0.121. The minimum absolute atomic E-state index is 0.121. The molecule has 0 spiro atoms. The molecule has 0 aliphatic carbocycles. The van der Waals surface area contributed by atoms with Gasteiger partial charge in [0.25, 0.3) is 0 Å². The molecule has 25 heavy (non-hydrogen) atoms. The van der Waals surface area contributed by atoms with E-state index in [1.807, 2.05) is 48.1 Å². The SMILES string of the molecule is COc1c(O)cccc1CNC(c1ccc(Cl)cc1)c1nccn1C. The number of imidazole rings is 1. The van der Waals surface area contributed by atoms with Crippen LogP contribution in [0.4, 0.5) is 0 Å². The highest BCUT2D eigenvalue weighted by Crippen LogP contribution is 2.30. The average molecular weight is 358 g/mol. The fraction of sp³-hybridized carbons (Fsp3) is 0.211. The number of ether oxygens (including phenoxy) is 1. The Morgan fingerprint density at radius 3 is 2.64 bits per heavy atom. The molecule has 0 bridgehead atoms. The van der Waals surface area contributed by atoms with Gasteiger partial charge >= 0.3 is 0 Å². The van der Waals surface area contributed by atoms with Crippen molar-refractivity contribution in [1.82, 2.24) is 14.9 Å². The fourth-order valence-corrected chi connectivity index (χ4v) is 2.95. The van der Waals surface area contributed by atoms with Crippen molar-refractivity contribution < 1.29 is 9.84 Å². The first-order valence-electron chi connectivity index (χ1n) is 7.91. The van der Waals surface area contributed by atoms with E-state index in [1.54, 1.807) is 25.4 Å². The molecule has 1 heterocycles. The number of hydrogen-bond acceptors (Lipinski definition) is 4. The maximum absolute atomic E-state index is 9.95. The van der Waals surface area contributed by atoms with Gasteiger partial charge in [-0.25, -0.2) is 4.98 Å². The standard InChI is InChI=1S/C19H20ClN3O2/c1-23-11-10-21-19(23)17(13-6-8-15(20)9-7-13)22-12-14-4-3-5-16(24)18(14)25-2/h3-11,17,22,24H,12H2,1-2H3. The van der Waals surface area contributed by atoms with E-state index in [9.17, 15) is 5.11 Å². The van der Waals surface area contributed by atoms with Crippen LogP contribution in [0.1, 0.15) is 23.0 Å². The zero-order chi connectivity index (χ0) is 17.8. The van der Waals surface area contributed by atoms with Crippen LogP contribution in [-0.4, -0.2) is 21.8 Å². The van der Waals surface area contributed by atoms with E-state index in [4.69, 9.17) is 16.3 Å². The third-order valence-corrected chi connectivity index (χ3v) is 4.35. The number of aromatic hydroxyl groups is 1. The zero-order valence-corrected chi connectivity index (χ0v) is 14.9. The lowest BCUT2D eigenvalue weighted by Crippen LogP contribution is -2.25. The summed E-state index contributed by atoms with van der Waals surface area (Å²) in [6.07, 6.45) is 3.68. The van der Waals surface area contributed by atoms with Crippen molar-refractivity contribution in [3.05, 3.63) is 76.8 Å². The minimum Gasteiger partial charge on any atom is -0.504 e. The van der Waals surface area contributed by atoms with Crippen molar-refractivity contribution in [3.63, 3.8) is 0 Å². The first kappa shape index (κ1) is 17.3. The number of para-hydroxylation sites is 1. The Morgan fingerprint density at radius 1 is 1.24 bits per heavy atom. The summed E-state index contributed by atoms with van der Waals surface area (Å²) in [6, 6.07) is 12.9. The highest BCUT2D eigenvalue weighted by molar-refractivity contribution is 6.30. The number of nitrogens with zero attached hydrogens (tertiary/aromatic N) is 2. The number of benzene rings is 2. The molecule has 0 saturated heterocycles. The average Bonchev–Trinajstić information content (AvgIpc) is 3.03. The summed E-state index contributed by atoms with van der Waals surface area (Å²) in [6.45, 7) is 0.512. The van der Waals surface area contributed by atoms with Gasteiger partial charge in [0.1, 0.15) is 5.82 Å². The molecule has 0 radical (unpaired) electrons. The summed E-state index contributed by atoms with van der Waals surface area (Å²) < 4.78 is 7.29. The van der Waals surface area contributed by atoms with E-state index in [0.29, 0.717) is 17.3 Å². The molecule has 5 nitrogen and oxygen atoms in total. The van der Waals surface area contributed by atoms with Crippen LogP contribution in [-0.2, 0) is 13.6 Å². The van der Waals surface area contributed by atoms with Crippen molar-refractivity contribution in [2.24, 2.45) is 7.05 Å². The monoisotopic (exact) mass is 357 g/mol. The first-order valence-corrected chi connectivity index (χ1v) is 8.29. The number of aromatic nitrogens is 2. The van der Waals surface area contributed by atoms with Gasteiger partial charge in [-0.3, -0.25) is 5.32 Å². The molecule has 2 N–H and O–H groups in total. The van der Waals surface area contributed by atoms with Gasteiger partial charge in [0.2, 0.25) is 0 Å². The van der Waals surface area contributed by atoms with Crippen LogP contribution >= 0.6 is 11.6 Å². The van der Waals surface area contributed by atoms with E-state index in [-0.39, 0.29) is 11.8 Å². The molecule has 3 rings (SSSR count). The molecule has 0 amide bonds. The maximum Gasteiger partial charge on any atom is 0.164 e. The summed E-state index contributed by atoms with van der Waals surface area (Å²) >= 11 is 6.02. The topological polar surface area (TPSA) is 59.3 Å². The van der Waals surface area contributed by atoms with Crippen LogP contribution in [0.15, 0.2) is 54.9 Å². The lowest BCUT2D eigenvalue weighted by molar-refractivity contribution is 0.367. The lowest BCUT2D eigenvalue weighted by Gasteiger charge is -2.20. The Morgan fingerprint density at radius 2 is 2.00 bits per heavy atom. The number of halogens is 1. The number of nitrogens with one attached hydrogen (secondary N) is 1. The van der Waals surface area contributed by atoms with Crippen molar-refractivity contribution in [1.29, 1.82) is 0 Å². The summed E-state index contributed by atoms with van der Waals surface area (Å²) in [7, 11) is 3.51. The predicted octanol–water partition coefficient (Wildman–Crippen LogP) is 3.67. The number of methoxy groups -OCH3 is 1. The van der Waals surface area contributed by atoms with Crippen LogP contribution in [0.25, 0.3) is 0 Å². The number of phenolic OH excluding ortho intramolecular Hbond substituents is 1. The molecule has 0 saturated carbocycles. The Labute approximate surface area is 151 Å².